The fourth-order valence-electron chi connectivity index (χ4n) is 1.89. The minimum Gasteiger partial charge on any atom is -0.383 e. The van der Waals surface area contributed by atoms with Crippen LogP contribution in [0.25, 0.3) is 0 Å². The molecule has 0 aromatic rings. The van der Waals surface area contributed by atoms with Gasteiger partial charge in [0.1, 0.15) is 0 Å². The van der Waals surface area contributed by atoms with E-state index < -0.39 is 0 Å². The third-order valence-electron chi connectivity index (χ3n) is 2.88. The summed E-state index contributed by atoms with van der Waals surface area (Å²) in [6.07, 6.45) is 0. The molecule has 1 saturated heterocycles. The quantitative estimate of drug-likeness (QED) is 0.662. The first-order valence-electron chi connectivity index (χ1n) is 5.40. The lowest BCUT2D eigenvalue weighted by Gasteiger charge is -2.39. The zero-order valence-electron chi connectivity index (χ0n) is 9.61. The van der Waals surface area contributed by atoms with E-state index in [4.69, 9.17) is 10.5 Å². The van der Waals surface area contributed by atoms with Crippen molar-refractivity contribution in [1.29, 1.82) is 0 Å². The third kappa shape index (κ3) is 3.44. The molecule has 1 rings (SSSR count). The van der Waals surface area contributed by atoms with Crippen LogP contribution in [0, 0.1) is 0 Å². The minimum absolute atomic E-state index is 0.0493. The summed E-state index contributed by atoms with van der Waals surface area (Å²) >= 11 is 0. The van der Waals surface area contributed by atoms with Gasteiger partial charge < -0.3 is 15.4 Å². The Balaban J connectivity index is 2.37. The molecular weight excluding hydrogens is 194 g/mol. The van der Waals surface area contributed by atoms with Crippen LogP contribution >= 0.6 is 0 Å². The molecule has 1 atom stereocenters. The van der Waals surface area contributed by atoms with E-state index in [-0.39, 0.29) is 12.5 Å². The Morgan fingerprint density at radius 1 is 1.53 bits per heavy atom. The normalized spacial score (nSPS) is 23.1. The number of amides is 1. The molecule has 0 radical (unpaired) electrons. The summed E-state index contributed by atoms with van der Waals surface area (Å²) in [5.74, 6) is 0.0493. The van der Waals surface area contributed by atoms with E-state index in [1.807, 2.05) is 4.90 Å². The third-order valence-corrected chi connectivity index (χ3v) is 2.88. The van der Waals surface area contributed by atoms with Crippen LogP contribution in [0.4, 0.5) is 0 Å². The van der Waals surface area contributed by atoms with Crippen molar-refractivity contribution in [2.75, 3.05) is 46.4 Å². The predicted octanol–water partition coefficient (Wildman–Crippen LogP) is -0.876. The molecule has 1 unspecified atom stereocenters. The molecule has 2 N–H and O–H groups in total. The predicted molar refractivity (Wildman–Crippen MR) is 58.5 cm³/mol. The minimum atomic E-state index is 0.0493. The topological polar surface area (TPSA) is 58.8 Å². The van der Waals surface area contributed by atoms with Crippen LogP contribution in [0.5, 0.6) is 0 Å². The molecule has 0 aliphatic carbocycles. The van der Waals surface area contributed by atoms with Crippen molar-refractivity contribution in [2.45, 2.75) is 13.0 Å². The van der Waals surface area contributed by atoms with Crippen molar-refractivity contribution < 1.29 is 9.53 Å². The average molecular weight is 215 g/mol. The van der Waals surface area contributed by atoms with Crippen LogP contribution in [0.3, 0.4) is 0 Å². The maximum absolute atomic E-state index is 11.4. The first kappa shape index (κ1) is 12.4. The van der Waals surface area contributed by atoms with Crippen LogP contribution < -0.4 is 5.73 Å². The van der Waals surface area contributed by atoms with Crippen molar-refractivity contribution in [3.8, 4) is 0 Å². The van der Waals surface area contributed by atoms with Crippen LogP contribution in [-0.2, 0) is 9.53 Å². The molecule has 5 heteroatoms. The molecule has 1 heterocycles. The Morgan fingerprint density at radius 2 is 2.27 bits per heavy atom. The summed E-state index contributed by atoms with van der Waals surface area (Å²) in [5, 5.41) is 0. The van der Waals surface area contributed by atoms with Crippen molar-refractivity contribution >= 4 is 5.91 Å². The van der Waals surface area contributed by atoms with Gasteiger partial charge in [0, 0.05) is 39.3 Å². The van der Waals surface area contributed by atoms with E-state index >= 15 is 0 Å². The number of nitrogens with two attached hydrogens (primary N) is 1. The van der Waals surface area contributed by atoms with E-state index in [2.05, 4.69) is 11.8 Å². The Labute approximate surface area is 91.2 Å². The summed E-state index contributed by atoms with van der Waals surface area (Å²) < 4.78 is 5.05. The fraction of sp³-hybridized carbons (Fsp3) is 0.900. The van der Waals surface area contributed by atoms with E-state index in [0.717, 1.165) is 32.8 Å². The Kier molecular flexibility index (Phi) is 5.01. The van der Waals surface area contributed by atoms with Gasteiger partial charge in [-0.1, -0.05) is 0 Å². The number of rotatable bonds is 4. The zero-order valence-corrected chi connectivity index (χ0v) is 9.61. The van der Waals surface area contributed by atoms with Gasteiger partial charge in [-0.05, 0) is 6.92 Å². The van der Waals surface area contributed by atoms with Gasteiger partial charge in [0.15, 0.2) is 0 Å². The van der Waals surface area contributed by atoms with E-state index in [0.29, 0.717) is 6.04 Å². The fourth-order valence-corrected chi connectivity index (χ4v) is 1.89. The zero-order chi connectivity index (χ0) is 11.3. The second-order valence-corrected chi connectivity index (χ2v) is 3.92. The molecule has 0 aromatic carbocycles. The summed E-state index contributed by atoms with van der Waals surface area (Å²) in [6.45, 7) is 6.40. The molecule has 1 aliphatic heterocycles. The van der Waals surface area contributed by atoms with Gasteiger partial charge in [-0.2, -0.15) is 0 Å². The molecule has 88 valence electrons. The molecule has 0 saturated carbocycles. The van der Waals surface area contributed by atoms with Crippen LogP contribution in [0.2, 0.25) is 0 Å². The van der Waals surface area contributed by atoms with Crippen molar-refractivity contribution in [2.24, 2.45) is 5.73 Å². The number of piperazine rings is 1. The maximum Gasteiger partial charge on any atom is 0.236 e. The highest BCUT2D eigenvalue weighted by molar-refractivity contribution is 5.78. The van der Waals surface area contributed by atoms with Crippen molar-refractivity contribution in [3.05, 3.63) is 0 Å². The van der Waals surface area contributed by atoms with Gasteiger partial charge >= 0.3 is 0 Å². The lowest BCUT2D eigenvalue weighted by molar-refractivity contribution is -0.132. The SMILES string of the molecule is COCCN1CCN(C(=O)CN)CC1C. The monoisotopic (exact) mass is 215 g/mol. The standard InChI is InChI=1S/C10H21N3O2/c1-9-8-13(10(14)7-11)4-3-12(9)5-6-15-2/h9H,3-8,11H2,1-2H3. The Bertz CT molecular complexity index is 211. The number of hydrogen-bond acceptors (Lipinski definition) is 4. The average Bonchev–Trinajstić information content (AvgIpc) is 2.26. The second-order valence-electron chi connectivity index (χ2n) is 3.92. The smallest absolute Gasteiger partial charge is 0.236 e. The highest BCUT2D eigenvalue weighted by Gasteiger charge is 2.25. The molecule has 0 spiro atoms. The van der Waals surface area contributed by atoms with E-state index in [9.17, 15) is 4.79 Å². The molecule has 5 nitrogen and oxygen atoms in total. The Morgan fingerprint density at radius 3 is 2.80 bits per heavy atom. The van der Waals surface area contributed by atoms with Gasteiger partial charge in [-0.3, -0.25) is 9.69 Å². The second kappa shape index (κ2) is 6.05. The van der Waals surface area contributed by atoms with E-state index in [1.165, 1.54) is 0 Å². The molecule has 15 heavy (non-hydrogen) atoms. The van der Waals surface area contributed by atoms with Gasteiger partial charge in [0.05, 0.1) is 13.2 Å². The molecular formula is C10H21N3O2. The molecule has 0 aromatic heterocycles. The van der Waals surface area contributed by atoms with Gasteiger partial charge in [0.25, 0.3) is 0 Å². The van der Waals surface area contributed by atoms with Crippen molar-refractivity contribution in [3.63, 3.8) is 0 Å². The maximum atomic E-state index is 11.4. The molecule has 1 aliphatic rings. The number of methoxy groups -OCH3 is 1. The first-order valence-corrected chi connectivity index (χ1v) is 5.40. The summed E-state index contributed by atoms with van der Waals surface area (Å²) in [4.78, 5) is 15.6. The first-order chi connectivity index (χ1) is 7.19. The molecule has 1 fully saturated rings. The number of nitrogens with zero attached hydrogens (tertiary/aromatic N) is 2. The highest BCUT2D eigenvalue weighted by Crippen LogP contribution is 2.08. The Hall–Kier alpha value is -0.650. The van der Waals surface area contributed by atoms with Crippen LogP contribution in [0.15, 0.2) is 0 Å². The van der Waals surface area contributed by atoms with Gasteiger partial charge in [-0.15, -0.1) is 0 Å². The van der Waals surface area contributed by atoms with Gasteiger partial charge in [-0.25, -0.2) is 0 Å². The number of carbonyl (C=O) groups excluding carboxylic acids is 1. The summed E-state index contributed by atoms with van der Waals surface area (Å²) in [6, 6.07) is 0.393. The number of carbonyl (C=O) groups is 1. The van der Waals surface area contributed by atoms with E-state index in [1.54, 1.807) is 7.11 Å². The summed E-state index contributed by atoms with van der Waals surface area (Å²) in [5.41, 5.74) is 5.34. The summed E-state index contributed by atoms with van der Waals surface area (Å²) in [7, 11) is 1.71. The largest absolute Gasteiger partial charge is 0.383 e. The van der Waals surface area contributed by atoms with Crippen LogP contribution in [-0.4, -0.2) is 68.2 Å². The highest BCUT2D eigenvalue weighted by atomic mass is 16.5. The lowest BCUT2D eigenvalue weighted by atomic mass is 10.2. The molecule has 1 amide bonds. The lowest BCUT2D eigenvalue weighted by Crippen LogP contribution is -2.55. The number of ether oxygens (including phenoxy) is 1. The number of hydrogen-bond donors (Lipinski definition) is 1. The molecule has 0 bridgehead atoms. The van der Waals surface area contributed by atoms with Crippen LogP contribution in [0.1, 0.15) is 6.92 Å². The van der Waals surface area contributed by atoms with Crippen molar-refractivity contribution in [1.82, 2.24) is 9.80 Å². The van der Waals surface area contributed by atoms with Gasteiger partial charge in [0.2, 0.25) is 5.91 Å².